The molecule has 1 unspecified atom stereocenters. The summed E-state index contributed by atoms with van der Waals surface area (Å²) in [5.41, 5.74) is 3.52. The van der Waals surface area contributed by atoms with Crippen molar-refractivity contribution < 1.29 is 17.9 Å². The summed E-state index contributed by atoms with van der Waals surface area (Å²) >= 11 is 0. The number of fused-ring (bicyclic) bond motifs is 5. The molecule has 0 spiro atoms. The number of nitrogens with one attached hydrogen (secondary N) is 1. The molecule has 2 aromatic carbocycles. The van der Waals surface area contributed by atoms with Crippen LogP contribution < -0.4 is 9.46 Å². The Kier molecular flexibility index (Phi) is 5.12. The van der Waals surface area contributed by atoms with E-state index in [0.717, 1.165) is 16.7 Å². The molecular weight excluding hydrogens is 452 g/mol. The van der Waals surface area contributed by atoms with Crippen molar-refractivity contribution in [2.45, 2.75) is 45.2 Å². The lowest BCUT2D eigenvalue weighted by molar-refractivity contribution is 0.0385. The first-order valence-corrected chi connectivity index (χ1v) is 12.6. The summed E-state index contributed by atoms with van der Waals surface area (Å²) in [5, 5.41) is 0. The minimum Gasteiger partial charge on any atom is -0.453 e. The lowest BCUT2D eigenvalue weighted by atomic mass is 9.92. The van der Waals surface area contributed by atoms with E-state index >= 15 is 0 Å². The lowest BCUT2D eigenvalue weighted by Crippen LogP contribution is -2.39. The first-order chi connectivity index (χ1) is 16.0. The molecule has 1 N–H and O–H groups in total. The number of rotatable bonds is 1. The van der Waals surface area contributed by atoms with Gasteiger partial charge < -0.3 is 9.64 Å². The second-order valence-corrected chi connectivity index (χ2v) is 11.4. The molecule has 0 aliphatic carbocycles. The summed E-state index contributed by atoms with van der Waals surface area (Å²) in [4.78, 5) is 23.9. The van der Waals surface area contributed by atoms with Crippen LogP contribution in [0.25, 0.3) is 11.3 Å². The molecule has 1 aromatic heterocycles. The zero-order chi connectivity index (χ0) is 24.3. The number of hydrogen-bond donors (Lipinski definition) is 1. The van der Waals surface area contributed by atoms with E-state index < -0.39 is 16.3 Å². The number of aryl methyl sites for hydroxylation is 2. The summed E-state index contributed by atoms with van der Waals surface area (Å²) in [6.45, 7) is 8.57. The highest BCUT2D eigenvalue weighted by atomic mass is 32.2. The zero-order valence-electron chi connectivity index (χ0n) is 19.5. The molecule has 1 fully saturated rings. The number of amides is 1. The Morgan fingerprint density at radius 2 is 1.76 bits per heavy atom. The second kappa shape index (κ2) is 7.80. The Balaban J connectivity index is 1.72. The number of hydrogen-bond acceptors (Lipinski definition) is 6. The summed E-state index contributed by atoms with van der Waals surface area (Å²) < 4.78 is 35.0. The number of aromatic nitrogens is 2. The van der Waals surface area contributed by atoms with Gasteiger partial charge in [0.25, 0.3) is 15.9 Å². The van der Waals surface area contributed by atoms with Crippen molar-refractivity contribution in [1.29, 1.82) is 0 Å². The van der Waals surface area contributed by atoms with Crippen LogP contribution in [-0.4, -0.2) is 42.0 Å². The third kappa shape index (κ3) is 4.00. The van der Waals surface area contributed by atoms with Gasteiger partial charge >= 0.3 is 0 Å². The van der Waals surface area contributed by atoms with Crippen LogP contribution in [0.15, 0.2) is 53.4 Å². The van der Waals surface area contributed by atoms with Gasteiger partial charge in [0, 0.05) is 30.2 Å². The van der Waals surface area contributed by atoms with Crippen LogP contribution >= 0.6 is 0 Å². The molecule has 2 aliphatic rings. The molecule has 0 radical (unpaired) electrons. The van der Waals surface area contributed by atoms with Gasteiger partial charge in [-0.15, -0.1) is 0 Å². The van der Waals surface area contributed by atoms with Crippen LogP contribution in [-0.2, 0) is 10.0 Å². The highest BCUT2D eigenvalue weighted by Gasteiger charge is 2.42. The Morgan fingerprint density at radius 3 is 2.50 bits per heavy atom. The molecule has 1 atom stereocenters. The molecule has 8 nitrogen and oxygen atoms in total. The van der Waals surface area contributed by atoms with E-state index in [1.165, 1.54) is 12.1 Å². The Labute approximate surface area is 199 Å². The van der Waals surface area contributed by atoms with Crippen LogP contribution in [0, 0.1) is 19.3 Å². The molecule has 5 rings (SSSR count). The van der Waals surface area contributed by atoms with E-state index in [2.05, 4.69) is 28.5 Å². The molecule has 2 aliphatic heterocycles. The molecule has 3 heterocycles. The monoisotopic (exact) mass is 478 g/mol. The number of sulfonamides is 1. The molecular formula is C25H26N4O4S. The second-order valence-electron chi connectivity index (χ2n) is 9.69. The van der Waals surface area contributed by atoms with E-state index in [-0.39, 0.29) is 33.6 Å². The van der Waals surface area contributed by atoms with Crippen LogP contribution in [0.1, 0.15) is 41.8 Å². The first-order valence-electron chi connectivity index (χ1n) is 11.1. The molecule has 9 heteroatoms. The largest absolute Gasteiger partial charge is 0.453 e. The van der Waals surface area contributed by atoms with Crippen molar-refractivity contribution in [1.82, 2.24) is 14.9 Å². The van der Waals surface area contributed by atoms with Gasteiger partial charge in [-0.3, -0.25) is 4.79 Å². The van der Waals surface area contributed by atoms with Gasteiger partial charge in [-0.25, -0.2) is 18.1 Å². The number of nitrogens with zero attached hydrogens (tertiary/aromatic N) is 3. The van der Waals surface area contributed by atoms with Crippen LogP contribution in [0.5, 0.6) is 5.88 Å². The predicted octanol–water partition coefficient (Wildman–Crippen LogP) is 4.15. The number of carbonyl (C=O) groups excluding carboxylic acids is 1. The summed E-state index contributed by atoms with van der Waals surface area (Å²) in [6.07, 6.45) is 0.0677. The maximum Gasteiger partial charge on any atom is 0.264 e. The predicted molar refractivity (Wildman–Crippen MR) is 128 cm³/mol. The Hall–Kier alpha value is -3.46. The number of benzene rings is 2. The number of ether oxygens (including phenoxy) is 1. The lowest BCUT2D eigenvalue weighted by Gasteiger charge is -2.26. The third-order valence-corrected chi connectivity index (χ3v) is 7.57. The van der Waals surface area contributed by atoms with Gasteiger partial charge in [-0.2, -0.15) is 4.98 Å². The molecule has 3 aromatic rings. The summed E-state index contributed by atoms with van der Waals surface area (Å²) in [6, 6.07) is 13.6. The first kappa shape index (κ1) is 22.3. The van der Waals surface area contributed by atoms with Gasteiger partial charge in [0.1, 0.15) is 0 Å². The zero-order valence-corrected chi connectivity index (χ0v) is 20.3. The number of anilines is 1. The standard InChI is InChI=1S/C25H26N4O4S/c1-15-7-5-8-16(2)22(15)19-12-20-27-24(26-19)28-34(31,32)18-10-6-9-17(11-18)23(30)29-14-25(3,4)13-21(29)33-20/h5-12,21H,13-14H2,1-4H3,(H,26,27,28). The fourth-order valence-corrected chi connectivity index (χ4v) is 5.67. The smallest absolute Gasteiger partial charge is 0.264 e. The van der Waals surface area contributed by atoms with Gasteiger partial charge in [0.2, 0.25) is 11.8 Å². The summed E-state index contributed by atoms with van der Waals surface area (Å²) in [5.74, 6) is -0.163. The van der Waals surface area contributed by atoms with E-state index in [9.17, 15) is 13.2 Å². The van der Waals surface area contributed by atoms with Gasteiger partial charge in [-0.05, 0) is 48.6 Å². The van der Waals surface area contributed by atoms with Crippen molar-refractivity contribution in [2.24, 2.45) is 5.41 Å². The van der Waals surface area contributed by atoms with E-state index in [0.29, 0.717) is 18.7 Å². The maximum absolute atomic E-state index is 13.4. The van der Waals surface area contributed by atoms with Gasteiger partial charge in [-0.1, -0.05) is 38.1 Å². The van der Waals surface area contributed by atoms with E-state index in [1.807, 2.05) is 32.0 Å². The normalized spacial score (nSPS) is 20.4. The fourth-order valence-electron chi connectivity index (χ4n) is 4.68. The Bertz CT molecular complexity index is 1400. The third-order valence-electron chi connectivity index (χ3n) is 6.25. The average molecular weight is 479 g/mol. The van der Waals surface area contributed by atoms with Crippen molar-refractivity contribution in [3.8, 4) is 17.1 Å². The van der Waals surface area contributed by atoms with E-state index in [4.69, 9.17) is 4.74 Å². The molecule has 176 valence electrons. The van der Waals surface area contributed by atoms with Crippen molar-refractivity contribution in [3.05, 3.63) is 65.2 Å². The maximum atomic E-state index is 13.4. The van der Waals surface area contributed by atoms with Crippen LogP contribution in [0.4, 0.5) is 5.95 Å². The molecule has 1 amide bonds. The summed E-state index contributed by atoms with van der Waals surface area (Å²) in [7, 11) is -4.04. The van der Waals surface area contributed by atoms with Gasteiger partial charge in [0.15, 0.2) is 6.23 Å². The molecule has 1 saturated heterocycles. The average Bonchev–Trinajstić information content (AvgIpc) is 3.06. The van der Waals surface area contributed by atoms with Crippen molar-refractivity contribution >= 4 is 21.9 Å². The quantitative estimate of drug-likeness (QED) is 0.564. The highest BCUT2D eigenvalue weighted by Crippen LogP contribution is 2.37. The van der Waals surface area contributed by atoms with Crippen molar-refractivity contribution in [2.75, 3.05) is 11.3 Å². The SMILES string of the molecule is Cc1cccc(C)c1-c1cc2nc(n1)NS(=O)(=O)c1cccc(c1)C(=O)N1CC(C)(C)CC1O2. The molecule has 0 saturated carbocycles. The topological polar surface area (TPSA) is 101 Å². The van der Waals surface area contributed by atoms with Crippen molar-refractivity contribution in [3.63, 3.8) is 0 Å². The van der Waals surface area contributed by atoms with Crippen LogP contribution in [0.2, 0.25) is 0 Å². The fraction of sp³-hybridized carbons (Fsp3) is 0.320. The van der Waals surface area contributed by atoms with Crippen LogP contribution in [0.3, 0.4) is 0 Å². The Morgan fingerprint density at radius 1 is 1.06 bits per heavy atom. The minimum absolute atomic E-state index is 0.0301. The minimum atomic E-state index is -4.04. The van der Waals surface area contributed by atoms with E-state index in [1.54, 1.807) is 23.1 Å². The highest BCUT2D eigenvalue weighted by molar-refractivity contribution is 7.92. The molecule has 4 bridgehead atoms. The van der Waals surface area contributed by atoms with Gasteiger partial charge in [0.05, 0.1) is 10.6 Å². The molecule has 34 heavy (non-hydrogen) atoms. The number of carbonyl (C=O) groups is 1.